The van der Waals surface area contributed by atoms with Gasteiger partial charge >= 0.3 is 0 Å². The van der Waals surface area contributed by atoms with Crippen LogP contribution >= 0.6 is 0 Å². The first-order valence-electron chi connectivity index (χ1n) is 6.27. The Morgan fingerprint density at radius 2 is 1.42 bits per heavy atom. The normalized spacial score (nSPS) is 10.2. The zero-order chi connectivity index (χ0) is 14.1. The summed E-state index contributed by atoms with van der Waals surface area (Å²) in [5.74, 6) is 2.42. The zero-order valence-corrected chi connectivity index (χ0v) is 12.2. The summed E-state index contributed by atoms with van der Waals surface area (Å²) in [6.45, 7) is 11.6. The molecule has 0 aromatic heterocycles. The van der Waals surface area contributed by atoms with E-state index in [4.69, 9.17) is 0 Å². The van der Waals surface area contributed by atoms with Gasteiger partial charge in [-0.1, -0.05) is 35.5 Å². The van der Waals surface area contributed by atoms with Gasteiger partial charge < -0.3 is 0 Å². The summed E-state index contributed by atoms with van der Waals surface area (Å²) in [5, 5.41) is 1.32. The zero-order valence-electron chi connectivity index (χ0n) is 11.2. The van der Waals surface area contributed by atoms with E-state index < -0.39 is 8.07 Å². The molecule has 1 aromatic carbocycles. The predicted molar refractivity (Wildman–Crippen MR) is 84.8 cm³/mol. The van der Waals surface area contributed by atoms with Crippen LogP contribution in [0.25, 0.3) is 0 Å². The Kier molecular flexibility index (Phi) is 6.04. The molecule has 0 saturated heterocycles. The van der Waals surface area contributed by atoms with E-state index in [1.54, 1.807) is 0 Å². The highest BCUT2D eigenvalue weighted by molar-refractivity contribution is 6.92. The summed E-state index contributed by atoms with van der Waals surface area (Å²) in [6.07, 6.45) is 7.37. The van der Waals surface area contributed by atoms with Crippen LogP contribution in [0.15, 0.2) is 62.2 Å². The molecule has 1 aromatic rings. The van der Waals surface area contributed by atoms with E-state index in [2.05, 4.69) is 37.8 Å². The highest BCUT2D eigenvalue weighted by Gasteiger charge is 2.30. The van der Waals surface area contributed by atoms with Gasteiger partial charge in [-0.05, 0) is 36.2 Å². The molecule has 0 atom stereocenters. The van der Waals surface area contributed by atoms with Crippen molar-refractivity contribution in [2.45, 2.75) is 18.1 Å². The summed E-state index contributed by atoms with van der Waals surface area (Å²) in [6, 6.07) is 10.8. The topological polar surface area (TPSA) is 0 Å². The van der Waals surface area contributed by atoms with Crippen molar-refractivity contribution in [2.24, 2.45) is 0 Å². The number of rotatable bonds is 7. The van der Waals surface area contributed by atoms with Gasteiger partial charge in [-0.3, -0.25) is 0 Å². The first-order valence-corrected chi connectivity index (χ1v) is 8.89. The summed E-state index contributed by atoms with van der Waals surface area (Å²) < 4.78 is 12.0. The number of allylic oxidation sites excluding steroid dienone is 3. The molecule has 98 valence electrons. The molecule has 0 N–H and O–H groups in total. The van der Waals surface area contributed by atoms with Crippen LogP contribution in [-0.2, 0) is 0 Å². The SMILES string of the molecule is C=CC[Si](CC=C)(CC=C)c1ccc(C#CF)cc1. The molecule has 19 heavy (non-hydrogen) atoms. The molecule has 0 radical (unpaired) electrons. The fourth-order valence-electron chi connectivity index (χ4n) is 2.39. The second-order valence-electron chi connectivity index (χ2n) is 4.56. The average Bonchev–Trinajstić information content (AvgIpc) is 2.41. The molecule has 0 aliphatic rings. The molecule has 0 fully saturated rings. The second kappa shape index (κ2) is 7.55. The number of hydrogen-bond acceptors (Lipinski definition) is 0. The lowest BCUT2D eigenvalue weighted by Gasteiger charge is -2.29. The van der Waals surface area contributed by atoms with Crippen LogP contribution in [0, 0.1) is 12.1 Å². The Hall–Kier alpha value is -1.85. The smallest absolute Gasteiger partial charge is 0.111 e. The van der Waals surface area contributed by atoms with Crippen LogP contribution in [0.4, 0.5) is 4.39 Å². The Balaban J connectivity index is 3.19. The van der Waals surface area contributed by atoms with Gasteiger partial charge in [0.15, 0.2) is 0 Å². The van der Waals surface area contributed by atoms with E-state index in [9.17, 15) is 4.39 Å². The highest BCUT2D eigenvalue weighted by Crippen LogP contribution is 2.23. The van der Waals surface area contributed by atoms with Crippen LogP contribution in [0.2, 0.25) is 18.1 Å². The van der Waals surface area contributed by atoms with Gasteiger partial charge in [-0.2, -0.15) is 0 Å². The largest absolute Gasteiger partial charge is 0.144 e. The van der Waals surface area contributed by atoms with Gasteiger partial charge in [0, 0.05) is 5.56 Å². The van der Waals surface area contributed by atoms with Crippen LogP contribution in [0.1, 0.15) is 5.56 Å². The lowest BCUT2D eigenvalue weighted by Crippen LogP contribution is -2.46. The number of hydrogen-bond donors (Lipinski definition) is 0. The van der Waals surface area contributed by atoms with Gasteiger partial charge in [0.2, 0.25) is 0 Å². The third-order valence-corrected chi connectivity index (χ3v) is 8.06. The molecular weight excluding hydrogens is 251 g/mol. The minimum absolute atomic E-state index is 0.699. The Morgan fingerprint density at radius 3 is 1.79 bits per heavy atom. The molecule has 2 heteroatoms. The van der Waals surface area contributed by atoms with E-state index in [1.807, 2.05) is 30.4 Å². The molecule has 0 heterocycles. The molecule has 0 unspecified atom stereocenters. The van der Waals surface area contributed by atoms with E-state index in [-0.39, 0.29) is 0 Å². The molecule has 0 aliphatic carbocycles. The van der Waals surface area contributed by atoms with Crippen LogP contribution in [0.3, 0.4) is 0 Å². The van der Waals surface area contributed by atoms with Crippen molar-refractivity contribution in [3.05, 3.63) is 67.8 Å². The van der Waals surface area contributed by atoms with Crippen molar-refractivity contribution in [3.8, 4) is 12.1 Å². The van der Waals surface area contributed by atoms with Crippen molar-refractivity contribution in [3.63, 3.8) is 0 Å². The molecule has 0 nitrogen and oxygen atoms in total. The molecule has 0 saturated carbocycles. The quantitative estimate of drug-likeness (QED) is 0.396. The van der Waals surface area contributed by atoms with Gasteiger partial charge in [-0.15, -0.1) is 24.1 Å². The molecule has 0 amide bonds. The summed E-state index contributed by atoms with van der Waals surface area (Å²) in [4.78, 5) is 0. The first kappa shape index (κ1) is 15.2. The van der Waals surface area contributed by atoms with E-state index in [0.717, 1.165) is 18.1 Å². The molecule has 0 aliphatic heterocycles. The van der Waals surface area contributed by atoms with E-state index >= 15 is 0 Å². The minimum atomic E-state index is -1.71. The molecular formula is C17H19FSi. The maximum absolute atomic E-state index is 12.0. The van der Waals surface area contributed by atoms with Gasteiger partial charge in [0.1, 0.15) is 6.17 Å². The summed E-state index contributed by atoms with van der Waals surface area (Å²) in [7, 11) is -1.71. The summed E-state index contributed by atoms with van der Waals surface area (Å²) >= 11 is 0. The van der Waals surface area contributed by atoms with Crippen LogP contribution in [0.5, 0.6) is 0 Å². The fourth-order valence-corrected chi connectivity index (χ4v) is 6.13. The van der Waals surface area contributed by atoms with Crippen molar-refractivity contribution in [1.29, 1.82) is 0 Å². The van der Waals surface area contributed by atoms with E-state index in [0.29, 0.717) is 5.56 Å². The predicted octanol–water partition coefficient (Wildman–Crippen LogP) is 4.18. The molecule has 0 bridgehead atoms. The Bertz CT molecular complexity index is 476. The number of halogens is 1. The first-order chi connectivity index (χ1) is 9.22. The van der Waals surface area contributed by atoms with Crippen LogP contribution in [-0.4, -0.2) is 8.07 Å². The fraction of sp³-hybridized carbons (Fsp3) is 0.176. The summed E-state index contributed by atoms with van der Waals surface area (Å²) in [5.41, 5.74) is 0.699. The van der Waals surface area contributed by atoms with Gasteiger partial charge in [0.25, 0.3) is 0 Å². The molecule has 1 rings (SSSR count). The minimum Gasteiger partial charge on any atom is -0.144 e. The van der Waals surface area contributed by atoms with Gasteiger partial charge in [-0.25, -0.2) is 0 Å². The van der Waals surface area contributed by atoms with Crippen LogP contribution < -0.4 is 5.19 Å². The lowest BCUT2D eigenvalue weighted by molar-refractivity contribution is 0.774. The van der Waals surface area contributed by atoms with Crippen molar-refractivity contribution in [2.75, 3.05) is 0 Å². The number of benzene rings is 1. The standard InChI is InChI=1S/C17H19FSi/c1-4-13-19(14-5-2,15-6-3)17-9-7-16(8-10-17)11-12-18/h4-10H,1-3,13-15H2. The highest BCUT2D eigenvalue weighted by atomic mass is 28.3. The lowest BCUT2D eigenvalue weighted by atomic mass is 10.2. The second-order valence-corrected chi connectivity index (χ2v) is 8.92. The van der Waals surface area contributed by atoms with E-state index in [1.165, 1.54) is 11.4 Å². The van der Waals surface area contributed by atoms with Crippen molar-refractivity contribution < 1.29 is 4.39 Å². The third kappa shape index (κ3) is 3.80. The Labute approximate surface area is 116 Å². The molecule has 0 spiro atoms. The maximum atomic E-state index is 12.0. The monoisotopic (exact) mass is 270 g/mol. The van der Waals surface area contributed by atoms with Crippen molar-refractivity contribution >= 4 is 13.3 Å². The maximum Gasteiger partial charge on any atom is 0.111 e. The Morgan fingerprint density at radius 1 is 0.947 bits per heavy atom. The third-order valence-electron chi connectivity index (χ3n) is 3.29. The van der Waals surface area contributed by atoms with Crippen molar-refractivity contribution in [1.82, 2.24) is 0 Å². The average molecular weight is 270 g/mol. The van der Waals surface area contributed by atoms with Gasteiger partial charge in [0.05, 0.1) is 8.07 Å².